The second-order valence-electron chi connectivity index (χ2n) is 1.84. The number of anilines is 1. The highest BCUT2D eigenvalue weighted by atomic mass is 15.5. The molecule has 0 radical (unpaired) electrons. The van der Waals surface area contributed by atoms with Gasteiger partial charge in [-0.25, -0.2) is 0 Å². The molecule has 3 N–H and O–H groups in total. The Kier molecular flexibility index (Phi) is 1.30. The van der Waals surface area contributed by atoms with E-state index in [-0.39, 0.29) is 0 Å². The van der Waals surface area contributed by atoms with Crippen LogP contribution in [0.4, 0.5) is 5.69 Å². The van der Waals surface area contributed by atoms with E-state index in [1.165, 1.54) is 0 Å². The molecule has 0 aliphatic carbocycles. The summed E-state index contributed by atoms with van der Waals surface area (Å²) in [5.41, 5.74) is 9.87. The van der Waals surface area contributed by atoms with Crippen molar-refractivity contribution in [1.82, 2.24) is 9.89 Å². The van der Waals surface area contributed by atoms with Crippen LogP contribution >= 0.6 is 0 Å². The lowest BCUT2D eigenvalue weighted by Gasteiger charge is -1.93. The van der Waals surface area contributed by atoms with E-state index < -0.39 is 0 Å². The van der Waals surface area contributed by atoms with Gasteiger partial charge in [0.15, 0.2) is 0 Å². The molecule has 1 aromatic rings. The van der Waals surface area contributed by atoms with E-state index in [1.54, 1.807) is 18.0 Å². The monoisotopic (exact) mass is 126 g/mol. The first-order chi connectivity index (χ1) is 4.24. The summed E-state index contributed by atoms with van der Waals surface area (Å²) in [7, 11) is 1.78. The molecule has 0 aliphatic rings. The zero-order valence-corrected chi connectivity index (χ0v) is 5.55. The lowest BCUT2D eigenvalue weighted by molar-refractivity contribution is 0.771. The Morgan fingerprint density at radius 1 is 1.78 bits per heavy atom. The van der Waals surface area contributed by atoms with E-state index in [1.807, 2.05) is 6.92 Å². The minimum atomic E-state index is 0.712. The molecule has 1 aromatic heterocycles. The molecule has 0 spiro atoms. The first kappa shape index (κ1) is 5.94. The summed E-state index contributed by atoms with van der Waals surface area (Å²) in [5, 5.41) is 4.01. The Bertz CT molecular complexity index is 183. The molecule has 0 fully saturated rings. The van der Waals surface area contributed by atoms with Gasteiger partial charge in [-0.3, -0.25) is 0 Å². The van der Waals surface area contributed by atoms with Crippen molar-refractivity contribution >= 4 is 5.69 Å². The van der Waals surface area contributed by atoms with E-state index in [9.17, 15) is 0 Å². The third-order valence-electron chi connectivity index (χ3n) is 1.17. The summed E-state index contributed by atoms with van der Waals surface area (Å²) in [6, 6.07) is 0. The van der Waals surface area contributed by atoms with Crippen LogP contribution in [-0.2, 0) is 0 Å². The Labute approximate surface area is 53.6 Å². The Balaban J connectivity index is 2.98. The standard InChI is InChI=1S/C5H10N4/c1-4-5(6)3-9(7-2)8-4/h3,7H,6H2,1-2H3. The number of aromatic nitrogens is 2. The van der Waals surface area contributed by atoms with Gasteiger partial charge >= 0.3 is 0 Å². The molecule has 0 unspecified atom stereocenters. The van der Waals surface area contributed by atoms with Crippen LogP contribution in [0.3, 0.4) is 0 Å². The minimum absolute atomic E-state index is 0.712. The van der Waals surface area contributed by atoms with E-state index in [0.29, 0.717) is 5.69 Å². The van der Waals surface area contributed by atoms with Crippen LogP contribution in [0, 0.1) is 6.92 Å². The molecular formula is C5H10N4. The molecule has 0 atom stereocenters. The van der Waals surface area contributed by atoms with Crippen LogP contribution in [0.25, 0.3) is 0 Å². The highest BCUT2D eigenvalue weighted by Crippen LogP contribution is 2.03. The van der Waals surface area contributed by atoms with Crippen LogP contribution < -0.4 is 11.2 Å². The van der Waals surface area contributed by atoms with Crippen molar-refractivity contribution < 1.29 is 0 Å². The summed E-state index contributed by atoms with van der Waals surface area (Å²) in [6.45, 7) is 1.86. The third kappa shape index (κ3) is 0.960. The van der Waals surface area contributed by atoms with E-state index >= 15 is 0 Å². The molecule has 50 valence electrons. The van der Waals surface area contributed by atoms with Gasteiger partial charge in [0.2, 0.25) is 0 Å². The summed E-state index contributed by atoms with van der Waals surface area (Å²) in [6.07, 6.45) is 1.73. The van der Waals surface area contributed by atoms with Gasteiger partial charge in [0.1, 0.15) is 0 Å². The molecule has 1 rings (SSSR count). The fraction of sp³-hybridized carbons (Fsp3) is 0.400. The lowest BCUT2D eigenvalue weighted by atomic mass is 10.4. The van der Waals surface area contributed by atoms with Gasteiger partial charge in [0.05, 0.1) is 17.6 Å². The van der Waals surface area contributed by atoms with Crippen LogP contribution in [0.5, 0.6) is 0 Å². The quantitative estimate of drug-likeness (QED) is 0.554. The van der Waals surface area contributed by atoms with Crippen molar-refractivity contribution in [3.8, 4) is 0 Å². The molecule has 1 heterocycles. The van der Waals surface area contributed by atoms with Crippen molar-refractivity contribution in [3.05, 3.63) is 11.9 Å². The van der Waals surface area contributed by atoms with Crippen molar-refractivity contribution in [2.45, 2.75) is 6.92 Å². The van der Waals surface area contributed by atoms with Gasteiger partial charge in [-0.2, -0.15) is 9.89 Å². The maximum Gasteiger partial charge on any atom is 0.0843 e. The minimum Gasteiger partial charge on any atom is -0.396 e. The van der Waals surface area contributed by atoms with Crippen molar-refractivity contribution in [2.24, 2.45) is 0 Å². The highest BCUT2D eigenvalue weighted by molar-refractivity contribution is 5.39. The maximum atomic E-state index is 5.49. The van der Waals surface area contributed by atoms with E-state index in [4.69, 9.17) is 5.73 Å². The predicted octanol–water partition coefficient (Wildman–Crippen LogP) is -0.0530. The third-order valence-corrected chi connectivity index (χ3v) is 1.17. The molecule has 0 amide bonds. The number of hydrogen-bond acceptors (Lipinski definition) is 3. The van der Waals surface area contributed by atoms with Gasteiger partial charge in [-0.05, 0) is 6.92 Å². The number of rotatable bonds is 1. The number of nitrogens with zero attached hydrogens (tertiary/aromatic N) is 2. The van der Waals surface area contributed by atoms with Gasteiger partial charge in [0.25, 0.3) is 0 Å². The summed E-state index contributed by atoms with van der Waals surface area (Å²) in [5.74, 6) is 0. The topological polar surface area (TPSA) is 55.9 Å². The maximum absolute atomic E-state index is 5.49. The number of nitrogens with one attached hydrogen (secondary N) is 1. The average molecular weight is 126 g/mol. The molecule has 0 bridgehead atoms. The van der Waals surface area contributed by atoms with Crippen LogP contribution in [0.1, 0.15) is 5.69 Å². The molecule has 0 aromatic carbocycles. The SMILES string of the molecule is CNn1cc(N)c(C)n1. The summed E-state index contributed by atoms with van der Waals surface area (Å²) < 4.78 is 0. The number of hydrogen-bond donors (Lipinski definition) is 2. The highest BCUT2D eigenvalue weighted by Gasteiger charge is 1.96. The second-order valence-corrected chi connectivity index (χ2v) is 1.84. The Hall–Kier alpha value is -1.19. The first-order valence-corrected chi connectivity index (χ1v) is 2.73. The zero-order chi connectivity index (χ0) is 6.85. The summed E-state index contributed by atoms with van der Waals surface area (Å²) in [4.78, 5) is 1.57. The molecule has 0 aliphatic heterocycles. The Morgan fingerprint density at radius 2 is 2.44 bits per heavy atom. The summed E-state index contributed by atoms with van der Waals surface area (Å²) >= 11 is 0. The molecule has 9 heavy (non-hydrogen) atoms. The second kappa shape index (κ2) is 1.97. The van der Waals surface area contributed by atoms with E-state index in [0.717, 1.165) is 5.69 Å². The van der Waals surface area contributed by atoms with E-state index in [2.05, 4.69) is 10.5 Å². The largest absolute Gasteiger partial charge is 0.396 e. The van der Waals surface area contributed by atoms with Crippen molar-refractivity contribution in [3.63, 3.8) is 0 Å². The van der Waals surface area contributed by atoms with Crippen LogP contribution in [0.15, 0.2) is 6.20 Å². The zero-order valence-electron chi connectivity index (χ0n) is 5.55. The molecule has 0 saturated carbocycles. The lowest BCUT2D eigenvalue weighted by Crippen LogP contribution is -2.08. The molecular weight excluding hydrogens is 116 g/mol. The van der Waals surface area contributed by atoms with Crippen molar-refractivity contribution in [2.75, 3.05) is 18.2 Å². The molecule has 0 saturated heterocycles. The van der Waals surface area contributed by atoms with Crippen LogP contribution in [-0.4, -0.2) is 16.9 Å². The van der Waals surface area contributed by atoms with Crippen LogP contribution in [0.2, 0.25) is 0 Å². The fourth-order valence-corrected chi connectivity index (χ4v) is 0.588. The number of aryl methyl sites for hydroxylation is 1. The van der Waals surface area contributed by atoms with Gasteiger partial charge in [0, 0.05) is 7.05 Å². The average Bonchev–Trinajstić information content (AvgIpc) is 2.13. The van der Waals surface area contributed by atoms with Gasteiger partial charge < -0.3 is 11.2 Å². The Morgan fingerprint density at radius 3 is 2.67 bits per heavy atom. The number of nitrogen functional groups attached to an aromatic ring is 1. The number of nitrogens with two attached hydrogens (primary N) is 1. The van der Waals surface area contributed by atoms with Gasteiger partial charge in [-0.1, -0.05) is 0 Å². The first-order valence-electron chi connectivity index (χ1n) is 2.73. The fourth-order valence-electron chi connectivity index (χ4n) is 0.588. The molecule has 4 nitrogen and oxygen atoms in total. The molecule has 4 heteroatoms. The predicted molar refractivity (Wildman–Crippen MR) is 36.7 cm³/mol. The van der Waals surface area contributed by atoms with Gasteiger partial charge in [-0.15, -0.1) is 0 Å². The normalized spacial score (nSPS) is 9.56. The van der Waals surface area contributed by atoms with Crippen molar-refractivity contribution in [1.29, 1.82) is 0 Å². The smallest absolute Gasteiger partial charge is 0.0843 e.